The summed E-state index contributed by atoms with van der Waals surface area (Å²) in [6.07, 6.45) is 1.83. The first-order valence-corrected chi connectivity index (χ1v) is 9.06. The molecule has 0 saturated carbocycles. The molecule has 1 saturated heterocycles. The van der Waals surface area contributed by atoms with Gasteiger partial charge in [-0.1, -0.05) is 47.7 Å². The molecule has 1 aliphatic heterocycles. The molecule has 2 aromatic rings. The second-order valence-electron chi connectivity index (χ2n) is 5.22. The van der Waals surface area contributed by atoms with Crippen LogP contribution in [0.5, 0.6) is 5.75 Å². The summed E-state index contributed by atoms with van der Waals surface area (Å²) in [6.45, 7) is 0.312. The van der Waals surface area contributed by atoms with Gasteiger partial charge in [-0.05, 0) is 48.0 Å². The van der Waals surface area contributed by atoms with E-state index in [0.717, 1.165) is 17.0 Å². The summed E-state index contributed by atoms with van der Waals surface area (Å²) in [5.74, 6) is 0.671. The van der Waals surface area contributed by atoms with Crippen LogP contribution in [-0.2, 0) is 4.79 Å². The molecule has 1 aliphatic rings. The van der Waals surface area contributed by atoms with Crippen molar-refractivity contribution in [3.63, 3.8) is 0 Å². The molecule has 1 heterocycles. The predicted octanol–water partition coefficient (Wildman–Crippen LogP) is 4.62. The smallest absolute Gasteiger partial charge is 0.267 e. The van der Waals surface area contributed by atoms with Crippen LogP contribution in [0.2, 0.25) is 5.02 Å². The standard InChI is InChI=1S/C18H15ClN2O2S2/c1-23-15-8-2-12(3-9-15)10-16-17(22)21(18(24)25-16)11-20-14-6-4-13(19)5-7-14/h2-10,20H,11H2,1H3/b16-10+. The highest BCUT2D eigenvalue weighted by Crippen LogP contribution is 2.32. The Morgan fingerprint density at radius 2 is 1.88 bits per heavy atom. The van der Waals surface area contributed by atoms with Crippen molar-refractivity contribution in [2.75, 3.05) is 19.1 Å². The van der Waals surface area contributed by atoms with Crippen molar-refractivity contribution in [2.24, 2.45) is 0 Å². The third-order valence-corrected chi connectivity index (χ3v) is 5.20. The van der Waals surface area contributed by atoms with Crippen LogP contribution in [0.25, 0.3) is 6.08 Å². The zero-order valence-corrected chi connectivity index (χ0v) is 15.8. The van der Waals surface area contributed by atoms with E-state index in [-0.39, 0.29) is 5.91 Å². The third kappa shape index (κ3) is 4.34. The lowest BCUT2D eigenvalue weighted by atomic mass is 10.2. The average Bonchev–Trinajstić information content (AvgIpc) is 2.89. The number of thioether (sulfide) groups is 1. The monoisotopic (exact) mass is 390 g/mol. The SMILES string of the molecule is COc1ccc(/C=C2/SC(=S)N(CNc3ccc(Cl)cc3)C2=O)cc1. The molecule has 25 heavy (non-hydrogen) atoms. The minimum absolute atomic E-state index is 0.104. The van der Waals surface area contributed by atoms with Crippen molar-refractivity contribution >= 4 is 57.6 Å². The zero-order chi connectivity index (χ0) is 17.8. The van der Waals surface area contributed by atoms with E-state index in [9.17, 15) is 4.79 Å². The van der Waals surface area contributed by atoms with Crippen LogP contribution in [0.4, 0.5) is 5.69 Å². The van der Waals surface area contributed by atoms with E-state index in [2.05, 4.69) is 5.32 Å². The van der Waals surface area contributed by atoms with E-state index in [1.807, 2.05) is 42.5 Å². The number of amides is 1. The average molecular weight is 391 g/mol. The summed E-state index contributed by atoms with van der Waals surface area (Å²) in [5, 5.41) is 3.84. The van der Waals surface area contributed by atoms with Gasteiger partial charge in [0.05, 0.1) is 18.7 Å². The first-order chi connectivity index (χ1) is 12.1. The number of benzene rings is 2. The largest absolute Gasteiger partial charge is 0.497 e. The molecule has 0 atom stereocenters. The number of rotatable bonds is 5. The van der Waals surface area contributed by atoms with E-state index >= 15 is 0 Å². The molecule has 1 fully saturated rings. The van der Waals surface area contributed by atoms with Gasteiger partial charge in [0.1, 0.15) is 10.1 Å². The Bertz CT molecular complexity index is 820. The van der Waals surface area contributed by atoms with Crippen LogP contribution in [0.3, 0.4) is 0 Å². The van der Waals surface area contributed by atoms with Crippen molar-refractivity contribution in [2.45, 2.75) is 0 Å². The van der Waals surface area contributed by atoms with E-state index in [4.69, 9.17) is 28.6 Å². The van der Waals surface area contributed by atoms with Gasteiger partial charge in [-0.25, -0.2) is 0 Å². The molecule has 2 aromatic carbocycles. The lowest BCUT2D eigenvalue weighted by molar-refractivity contribution is -0.121. The van der Waals surface area contributed by atoms with Crippen molar-refractivity contribution in [3.8, 4) is 5.75 Å². The fraction of sp³-hybridized carbons (Fsp3) is 0.111. The molecule has 0 radical (unpaired) electrons. The summed E-state index contributed by atoms with van der Waals surface area (Å²) >= 11 is 12.5. The number of nitrogens with one attached hydrogen (secondary N) is 1. The van der Waals surface area contributed by atoms with E-state index in [1.54, 1.807) is 24.1 Å². The first kappa shape index (κ1) is 17.8. The molecule has 1 amide bonds. The van der Waals surface area contributed by atoms with Gasteiger partial charge in [0, 0.05) is 10.7 Å². The summed E-state index contributed by atoms with van der Waals surface area (Å²) in [7, 11) is 1.62. The Hall–Kier alpha value is -2.02. The molecule has 0 unspecified atom stereocenters. The van der Waals surface area contributed by atoms with Crippen LogP contribution in [0.15, 0.2) is 53.4 Å². The van der Waals surface area contributed by atoms with Crippen molar-refractivity contribution in [1.29, 1.82) is 0 Å². The van der Waals surface area contributed by atoms with Gasteiger partial charge in [-0.15, -0.1) is 0 Å². The van der Waals surface area contributed by atoms with E-state index in [0.29, 0.717) is 20.9 Å². The van der Waals surface area contributed by atoms with Gasteiger partial charge >= 0.3 is 0 Å². The zero-order valence-electron chi connectivity index (χ0n) is 13.4. The fourth-order valence-corrected chi connectivity index (χ4v) is 3.61. The number of hydrogen-bond acceptors (Lipinski definition) is 5. The first-order valence-electron chi connectivity index (χ1n) is 7.45. The summed E-state index contributed by atoms with van der Waals surface area (Å²) < 4.78 is 5.67. The number of carbonyl (C=O) groups is 1. The van der Waals surface area contributed by atoms with Crippen molar-refractivity contribution in [3.05, 3.63) is 64.0 Å². The number of thiocarbonyl (C=S) groups is 1. The second kappa shape index (κ2) is 7.91. The molecule has 3 rings (SSSR count). The van der Waals surface area contributed by atoms with Gasteiger partial charge in [0.2, 0.25) is 0 Å². The molecular formula is C18H15ClN2O2S2. The van der Waals surface area contributed by atoms with Crippen LogP contribution in [0.1, 0.15) is 5.56 Å². The minimum Gasteiger partial charge on any atom is -0.497 e. The van der Waals surface area contributed by atoms with Gasteiger partial charge in [-0.2, -0.15) is 0 Å². The van der Waals surface area contributed by atoms with Gasteiger partial charge in [0.15, 0.2) is 0 Å². The number of halogens is 1. The Labute approximate surface area is 160 Å². The van der Waals surface area contributed by atoms with Gasteiger partial charge < -0.3 is 10.1 Å². The fourth-order valence-electron chi connectivity index (χ4n) is 2.23. The van der Waals surface area contributed by atoms with Crippen molar-refractivity contribution in [1.82, 2.24) is 4.90 Å². The number of hydrogen-bond donors (Lipinski definition) is 1. The maximum absolute atomic E-state index is 12.6. The summed E-state index contributed by atoms with van der Waals surface area (Å²) in [6, 6.07) is 14.8. The van der Waals surface area contributed by atoms with Gasteiger partial charge in [-0.3, -0.25) is 9.69 Å². The highest BCUT2D eigenvalue weighted by atomic mass is 35.5. The normalized spacial score (nSPS) is 15.8. The van der Waals surface area contributed by atoms with Crippen LogP contribution in [-0.4, -0.2) is 28.9 Å². The predicted molar refractivity (Wildman–Crippen MR) is 108 cm³/mol. The lowest BCUT2D eigenvalue weighted by Crippen LogP contribution is -2.33. The Balaban J connectivity index is 1.68. The molecular weight excluding hydrogens is 376 g/mol. The summed E-state index contributed by atoms with van der Waals surface area (Å²) in [4.78, 5) is 14.7. The van der Waals surface area contributed by atoms with Crippen LogP contribution in [0, 0.1) is 0 Å². The Kier molecular flexibility index (Phi) is 5.63. The molecule has 7 heteroatoms. The number of methoxy groups -OCH3 is 1. The summed E-state index contributed by atoms with van der Waals surface area (Å²) in [5.41, 5.74) is 1.80. The number of ether oxygens (including phenoxy) is 1. The van der Waals surface area contributed by atoms with Crippen molar-refractivity contribution < 1.29 is 9.53 Å². The number of nitrogens with zero attached hydrogens (tertiary/aromatic N) is 1. The quantitative estimate of drug-likeness (QED) is 0.596. The van der Waals surface area contributed by atoms with E-state index < -0.39 is 0 Å². The molecule has 4 nitrogen and oxygen atoms in total. The molecule has 128 valence electrons. The third-order valence-electron chi connectivity index (χ3n) is 3.57. The topological polar surface area (TPSA) is 41.6 Å². The minimum atomic E-state index is -0.104. The maximum Gasteiger partial charge on any atom is 0.267 e. The van der Waals surface area contributed by atoms with E-state index in [1.165, 1.54) is 11.8 Å². The highest BCUT2D eigenvalue weighted by Gasteiger charge is 2.31. The molecule has 0 aromatic heterocycles. The van der Waals surface area contributed by atoms with Gasteiger partial charge in [0.25, 0.3) is 5.91 Å². The van der Waals surface area contributed by atoms with Crippen LogP contribution >= 0.6 is 35.6 Å². The molecule has 0 bridgehead atoms. The van der Waals surface area contributed by atoms with Crippen LogP contribution < -0.4 is 10.1 Å². The molecule has 0 spiro atoms. The Morgan fingerprint density at radius 3 is 2.52 bits per heavy atom. The number of anilines is 1. The highest BCUT2D eigenvalue weighted by molar-refractivity contribution is 8.26. The second-order valence-corrected chi connectivity index (χ2v) is 7.34. The maximum atomic E-state index is 12.6. The number of carbonyl (C=O) groups excluding carboxylic acids is 1. The molecule has 1 N–H and O–H groups in total. The Morgan fingerprint density at radius 1 is 1.20 bits per heavy atom. The molecule has 0 aliphatic carbocycles. The lowest BCUT2D eigenvalue weighted by Gasteiger charge is -2.16.